The Morgan fingerprint density at radius 2 is 1.84 bits per heavy atom. The third-order valence-corrected chi connectivity index (χ3v) is 4.97. The molecule has 0 unspecified atom stereocenters. The van der Waals surface area contributed by atoms with Gasteiger partial charge in [0.05, 0.1) is 0 Å². The molecule has 0 bridgehead atoms. The van der Waals surface area contributed by atoms with Crippen LogP contribution in [0.2, 0.25) is 0 Å². The van der Waals surface area contributed by atoms with Gasteiger partial charge in [0.1, 0.15) is 5.75 Å². The Kier molecular flexibility index (Phi) is 12.0. The Hall–Kier alpha value is -1.72. The van der Waals surface area contributed by atoms with Crippen LogP contribution in [0.1, 0.15) is 43.2 Å². The van der Waals surface area contributed by atoms with Crippen LogP contribution in [0.25, 0.3) is 0 Å². The van der Waals surface area contributed by atoms with Crippen molar-refractivity contribution in [2.24, 2.45) is 10.9 Å². The second-order valence-corrected chi connectivity index (χ2v) is 7.57. The summed E-state index contributed by atoms with van der Waals surface area (Å²) in [5.41, 5.74) is 1.41. The number of hydrogen-bond donors (Lipinski definition) is 3. The predicted molar refractivity (Wildman–Crippen MR) is 126 cm³/mol. The average molecular weight is 556 g/mol. The first-order valence-corrected chi connectivity index (χ1v) is 10.3. The van der Waals surface area contributed by atoms with E-state index in [1.54, 1.807) is 26.1 Å². The van der Waals surface area contributed by atoms with Gasteiger partial charge in [-0.1, -0.05) is 25.0 Å². The number of guanidine groups is 1. The van der Waals surface area contributed by atoms with Gasteiger partial charge in [-0.25, -0.2) is 0 Å². The smallest absolute Gasteiger partial charge is 0.422 e. The van der Waals surface area contributed by atoms with E-state index in [1.807, 2.05) is 6.07 Å². The summed E-state index contributed by atoms with van der Waals surface area (Å²) in [5.74, 6) is 1.25. The van der Waals surface area contributed by atoms with Crippen LogP contribution >= 0.6 is 24.0 Å². The Morgan fingerprint density at radius 1 is 1.16 bits per heavy atom. The minimum atomic E-state index is -4.39. The van der Waals surface area contributed by atoms with E-state index in [9.17, 15) is 18.0 Å². The Balaban J connectivity index is 0.00000480. The zero-order valence-corrected chi connectivity index (χ0v) is 20.3. The topological polar surface area (TPSA) is 74.8 Å². The highest BCUT2D eigenvalue weighted by Gasteiger charge is 2.28. The molecule has 1 amide bonds. The van der Waals surface area contributed by atoms with Gasteiger partial charge in [0.15, 0.2) is 12.6 Å². The van der Waals surface area contributed by atoms with Crippen LogP contribution in [0.4, 0.5) is 13.2 Å². The quantitative estimate of drug-likeness (QED) is 0.187. The molecule has 0 heterocycles. The van der Waals surface area contributed by atoms with Crippen molar-refractivity contribution in [2.75, 3.05) is 26.7 Å². The predicted octanol–water partition coefficient (Wildman–Crippen LogP) is 3.92. The standard InChI is InChI=1S/C21H31F3N4O2.HI/c1-15-7-8-17(18(11-15)30-14-21(22,23)24)13-28-20(25-2)27-10-9-26-19(29)12-16-5-3-4-6-16;/h7-8,11,16H,3-6,9-10,12-14H2,1-2H3,(H,26,29)(H2,25,27,28);1H. The number of aliphatic imine (C=N–C) groups is 1. The van der Waals surface area contributed by atoms with Crippen LogP contribution in [0, 0.1) is 12.8 Å². The van der Waals surface area contributed by atoms with E-state index in [0.29, 0.717) is 37.0 Å². The Labute approximate surface area is 198 Å². The Bertz CT molecular complexity index is 723. The molecule has 6 nitrogen and oxygen atoms in total. The number of ether oxygens (including phenoxy) is 1. The van der Waals surface area contributed by atoms with Gasteiger partial charge in [0.25, 0.3) is 0 Å². The largest absolute Gasteiger partial charge is 0.484 e. The van der Waals surface area contributed by atoms with E-state index in [-0.39, 0.29) is 42.2 Å². The lowest BCUT2D eigenvalue weighted by Gasteiger charge is -2.16. The zero-order chi connectivity index (χ0) is 22.0. The number of carbonyl (C=O) groups excluding carboxylic acids is 1. The molecule has 0 spiro atoms. The van der Waals surface area contributed by atoms with Gasteiger partial charge in [-0.2, -0.15) is 13.2 Å². The minimum absolute atomic E-state index is 0. The molecular weight excluding hydrogens is 524 g/mol. The Morgan fingerprint density at radius 3 is 2.48 bits per heavy atom. The second-order valence-electron chi connectivity index (χ2n) is 7.57. The summed E-state index contributed by atoms with van der Waals surface area (Å²) < 4.78 is 42.4. The normalized spacial score (nSPS) is 14.7. The van der Waals surface area contributed by atoms with Crippen molar-refractivity contribution in [1.29, 1.82) is 0 Å². The average Bonchev–Trinajstić information content (AvgIpc) is 3.19. The highest BCUT2D eigenvalue weighted by Crippen LogP contribution is 2.27. The number of hydrogen-bond acceptors (Lipinski definition) is 3. The molecule has 0 radical (unpaired) electrons. The molecule has 1 aromatic carbocycles. The first-order valence-electron chi connectivity index (χ1n) is 10.3. The number of halogens is 4. The summed E-state index contributed by atoms with van der Waals surface area (Å²) in [4.78, 5) is 16.0. The van der Waals surface area contributed by atoms with Crippen LogP contribution in [-0.4, -0.2) is 44.8 Å². The van der Waals surface area contributed by atoms with E-state index in [0.717, 1.165) is 18.4 Å². The number of alkyl halides is 3. The number of carbonyl (C=O) groups is 1. The van der Waals surface area contributed by atoms with Gasteiger partial charge < -0.3 is 20.7 Å². The molecule has 1 fully saturated rings. The molecule has 1 aliphatic rings. The van der Waals surface area contributed by atoms with E-state index in [4.69, 9.17) is 4.74 Å². The van der Waals surface area contributed by atoms with Gasteiger partial charge >= 0.3 is 6.18 Å². The van der Waals surface area contributed by atoms with Crippen LogP contribution in [0.5, 0.6) is 5.75 Å². The van der Waals surface area contributed by atoms with Crippen molar-refractivity contribution in [3.63, 3.8) is 0 Å². The van der Waals surface area contributed by atoms with E-state index in [2.05, 4.69) is 20.9 Å². The first kappa shape index (κ1) is 27.3. The van der Waals surface area contributed by atoms with Crippen LogP contribution in [0.3, 0.4) is 0 Å². The summed E-state index contributed by atoms with van der Waals surface area (Å²) in [6.07, 6.45) is 0.887. The van der Waals surface area contributed by atoms with E-state index < -0.39 is 12.8 Å². The summed E-state index contributed by atoms with van der Waals surface area (Å²) in [6.45, 7) is 1.66. The maximum absolute atomic E-state index is 12.5. The number of nitrogens with zero attached hydrogens (tertiary/aromatic N) is 1. The fourth-order valence-electron chi connectivity index (χ4n) is 3.43. The van der Waals surface area contributed by atoms with Crippen LogP contribution < -0.4 is 20.7 Å². The first-order chi connectivity index (χ1) is 14.3. The molecule has 0 aromatic heterocycles. The number of aryl methyl sites for hydroxylation is 1. The van der Waals surface area contributed by atoms with E-state index >= 15 is 0 Å². The zero-order valence-electron chi connectivity index (χ0n) is 18.0. The van der Waals surface area contributed by atoms with Crippen molar-refractivity contribution in [3.8, 4) is 5.75 Å². The maximum Gasteiger partial charge on any atom is 0.422 e. The molecule has 0 aliphatic heterocycles. The number of benzene rings is 1. The van der Waals surface area contributed by atoms with Gasteiger partial charge in [-0.05, 0) is 37.3 Å². The van der Waals surface area contributed by atoms with Crippen molar-refractivity contribution in [1.82, 2.24) is 16.0 Å². The molecule has 176 valence electrons. The van der Waals surface area contributed by atoms with Crippen molar-refractivity contribution >= 4 is 35.8 Å². The number of nitrogens with one attached hydrogen (secondary N) is 3. The highest BCUT2D eigenvalue weighted by molar-refractivity contribution is 14.0. The lowest BCUT2D eigenvalue weighted by Crippen LogP contribution is -2.41. The maximum atomic E-state index is 12.5. The van der Waals surface area contributed by atoms with Crippen LogP contribution in [0.15, 0.2) is 23.2 Å². The molecule has 0 atom stereocenters. The SMILES string of the molecule is CN=C(NCCNC(=O)CC1CCCC1)NCc1ccc(C)cc1OCC(F)(F)F.I. The van der Waals surface area contributed by atoms with Gasteiger partial charge in [0.2, 0.25) is 5.91 Å². The molecule has 3 N–H and O–H groups in total. The molecule has 31 heavy (non-hydrogen) atoms. The molecule has 2 rings (SSSR count). The summed E-state index contributed by atoms with van der Waals surface area (Å²) in [7, 11) is 1.60. The van der Waals surface area contributed by atoms with Gasteiger partial charge in [-0.3, -0.25) is 9.79 Å². The van der Waals surface area contributed by atoms with E-state index in [1.165, 1.54) is 12.8 Å². The van der Waals surface area contributed by atoms with Crippen molar-refractivity contribution in [2.45, 2.75) is 51.7 Å². The van der Waals surface area contributed by atoms with Gasteiger partial charge in [0, 0.05) is 38.7 Å². The van der Waals surface area contributed by atoms with Crippen molar-refractivity contribution in [3.05, 3.63) is 29.3 Å². The number of amides is 1. The summed E-state index contributed by atoms with van der Waals surface area (Å²) in [6, 6.07) is 5.12. The fourth-order valence-corrected chi connectivity index (χ4v) is 3.43. The van der Waals surface area contributed by atoms with Gasteiger partial charge in [-0.15, -0.1) is 24.0 Å². The highest BCUT2D eigenvalue weighted by atomic mass is 127. The second kappa shape index (κ2) is 13.6. The number of rotatable bonds is 9. The molecule has 1 aliphatic carbocycles. The minimum Gasteiger partial charge on any atom is -0.484 e. The third-order valence-electron chi connectivity index (χ3n) is 4.97. The third kappa shape index (κ3) is 10.9. The fraction of sp³-hybridized carbons (Fsp3) is 0.619. The lowest BCUT2D eigenvalue weighted by molar-refractivity contribution is -0.153. The molecule has 1 saturated carbocycles. The molecule has 1 aromatic rings. The van der Waals surface area contributed by atoms with Crippen molar-refractivity contribution < 1.29 is 22.7 Å². The summed E-state index contributed by atoms with van der Waals surface area (Å²) >= 11 is 0. The lowest BCUT2D eigenvalue weighted by atomic mass is 10.0. The summed E-state index contributed by atoms with van der Waals surface area (Å²) in [5, 5.41) is 9.03. The molecular formula is C21H32F3IN4O2. The molecule has 10 heteroatoms. The van der Waals surface area contributed by atoms with Crippen LogP contribution in [-0.2, 0) is 11.3 Å². The molecule has 0 saturated heterocycles. The monoisotopic (exact) mass is 556 g/mol.